The molecular weight excluding hydrogens is 723 g/mol. The zero-order chi connectivity index (χ0) is 42.1. The first kappa shape index (κ1) is 48.8. The van der Waals surface area contributed by atoms with Crippen LogP contribution >= 0.6 is 0 Å². The van der Waals surface area contributed by atoms with Crippen LogP contribution in [-0.4, -0.2) is 62.3 Å². The summed E-state index contributed by atoms with van der Waals surface area (Å²) in [6.07, 6.45) is 30.1. The van der Waals surface area contributed by atoms with Gasteiger partial charge in [0.15, 0.2) is 0 Å². The van der Waals surface area contributed by atoms with Crippen LogP contribution in [0.2, 0.25) is 0 Å². The quantitative estimate of drug-likeness (QED) is 0.0354. The molecule has 0 heterocycles. The van der Waals surface area contributed by atoms with Crippen LogP contribution in [0, 0.1) is 46.3 Å². The number of hydrogen-bond donors (Lipinski definition) is 0. The van der Waals surface area contributed by atoms with E-state index in [4.69, 9.17) is 14.2 Å². The van der Waals surface area contributed by atoms with Crippen molar-refractivity contribution in [2.75, 3.05) is 27.2 Å². The van der Waals surface area contributed by atoms with E-state index < -0.39 is 12.1 Å². The van der Waals surface area contributed by atoms with Crippen molar-refractivity contribution in [1.82, 2.24) is 4.90 Å². The monoisotopic (exact) mass is 812 g/mol. The molecule has 58 heavy (non-hydrogen) atoms. The maximum atomic E-state index is 13.0. The van der Waals surface area contributed by atoms with E-state index in [1.807, 2.05) is 19.0 Å². The lowest BCUT2D eigenvalue weighted by Crippen LogP contribution is -2.51. The first-order chi connectivity index (χ1) is 27.8. The van der Waals surface area contributed by atoms with Gasteiger partial charge in [-0.25, -0.2) is 0 Å². The molecule has 4 aliphatic carbocycles. The normalized spacial score (nSPS) is 28.9. The Labute approximate surface area is 356 Å². The Morgan fingerprint density at radius 3 is 2.09 bits per heavy atom. The topological polar surface area (TPSA) is 82.1 Å². The van der Waals surface area contributed by atoms with E-state index in [9.17, 15) is 14.4 Å². The molecule has 3 fully saturated rings. The second-order valence-corrected chi connectivity index (χ2v) is 20.8. The molecule has 0 aromatic carbocycles. The van der Waals surface area contributed by atoms with Crippen LogP contribution in [0.4, 0.5) is 0 Å². The summed E-state index contributed by atoms with van der Waals surface area (Å²) in [4.78, 5) is 40.5. The van der Waals surface area contributed by atoms with Gasteiger partial charge in [0.25, 0.3) is 0 Å². The van der Waals surface area contributed by atoms with Gasteiger partial charge in [-0.2, -0.15) is 0 Å². The number of ether oxygens (including phenoxy) is 3. The lowest BCUT2D eigenvalue weighted by Gasteiger charge is -2.58. The van der Waals surface area contributed by atoms with Gasteiger partial charge >= 0.3 is 17.9 Å². The second-order valence-electron chi connectivity index (χ2n) is 20.8. The second kappa shape index (κ2) is 24.5. The molecule has 0 spiro atoms. The average Bonchev–Trinajstić information content (AvgIpc) is 3.54. The van der Waals surface area contributed by atoms with Crippen LogP contribution < -0.4 is 0 Å². The smallest absolute Gasteiger partial charge is 0.306 e. The maximum Gasteiger partial charge on any atom is 0.306 e. The van der Waals surface area contributed by atoms with E-state index >= 15 is 0 Å². The number of esters is 3. The highest BCUT2D eigenvalue weighted by molar-refractivity contribution is 5.77. The van der Waals surface area contributed by atoms with E-state index in [0.29, 0.717) is 18.3 Å². The summed E-state index contributed by atoms with van der Waals surface area (Å²) < 4.78 is 17.3. The lowest BCUT2D eigenvalue weighted by molar-refractivity contribution is -0.161. The van der Waals surface area contributed by atoms with Crippen LogP contribution in [-0.2, 0) is 28.6 Å². The number of rotatable bonds is 27. The Balaban J connectivity index is 1.15. The summed E-state index contributed by atoms with van der Waals surface area (Å²) in [6.45, 7) is 15.4. The third-order valence-electron chi connectivity index (χ3n) is 15.7. The fourth-order valence-electron chi connectivity index (χ4n) is 12.2. The van der Waals surface area contributed by atoms with Crippen LogP contribution in [0.25, 0.3) is 0 Å². The summed E-state index contributed by atoms with van der Waals surface area (Å²) in [6, 6.07) is 0. The average molecular weight is 812 g/mol. The van der Waals surface area contributed by atoms with Gasteiger partial charge < -0.3 is 19.1 Å². The minimum atomic E-state index is -0.491. The summed E-state index contributed by atoms with van der Waals surface area (Å²) >= 11 is 0. The summed E-state index contributed by atoms with van der Waals surface area (Å²) in [7, 11) is 3.95. The fraction of sp³-hybridized carbons (Fsp3) is 0.902. The van der Waals surface area contributed by atoms with Gasteiger partial charge in [-0.15, -0.1) is 0 Å². The first-order valence-corrected chi connectivity index (χ1v) is 24.7. The number of unbranched alkanes of at least 4 members (excludes halogenated alkanes) is 10. The molecule has 3 saturated carbocycles. The number of carbonyl (C=O) groups is 3. The van der Waals surface area contributed by atoms with Crippen LogP contribution in [0.1, 0.15) is 208 Å². The van der Waals surface area contributed by atoms with Crippen molar-refractivity contribution in [3.05, 3.63) is 11.6 Å². The molecule has 0 aromatic heterocycles. The molecule has 1 unspecified atom stereocenters. The molecule has 0 aliphatic heterocycles. The van der Waals surface area contributed by atoms with Gasteiger partial charge in [-0.3, -0.25) is 14.4 Å². The molecule has 334 valence electrons. The predicted octanol–water partition coefficient (Wildman–Crippen LogP) is 12.8. The first-order valence-electron chi connectivity index (χ1n) is 24.7. The van der Waals surface area contributed by atoms with Gasteiger partial charge in [-0.05, 0) is 112 Å². The van der Waals surface area contributed by atoms with Gasteiger partial charge in [0.1, 0.15) is 18.8 Å². The summed E-state index contributed by atoms with van der Waals surface area (Å²) in [5.74, 6) is 3.85. The number of allylic oxidation sites excluding steroid dienone is 1. The fourth-order valence-corrected chi connectivity index (χ4v) is 12.2. The summed E-state index contributed by atoms with van der Waals surface area (Å²) in [5.41, 5.74) is 2.20. The zero-order valence-corrected chi connectivity index (χ0v) is 38.9. The largest absolute Gasteiger partial charge is 0.462 e. The van der Waals surface area contributed by atoms with Crippen molar-refractivity contribution in [3.8, 4) is 0 Å². The Hall–Kier alpha value is -1.89. The van der Waals surface area contributed by atoms with Crippen LogP contribution in [0.3, 0.4) is 0 Å². The van der Waals surface area contributed by atoms with Crippen LogP contribution in [0.15, 0.2) is 11.6 Å². The Bertz CT molecular complexity index is 1280. The Kier molecular flexibility index (Phi) is 20.6. The van der Waals surface area contributed by atoms with E-state index in [1.165, 1.54) is 108 Å². The molecule has 9 atom stereocenters. The van der Waals surface area contributed by atoms with E-state index in [2.05, 4.69) is 47.6 Å². The van der Waals surface area contributed by atoms with Crippen molar-refractivity contribution in [1.29, 1.82) is 0 Å². The van der Waals surface area contributed by atoms with E-state index in [1.54, 1.807) is 0 Å². The number of fused-ring (bicyclic) bond motifs is 5. The maximum absolute atomic E-state index is 13.0. The molecule has 7 heteroatoms. The molecule has 0 amide bonds. The highest BCUT2D eigenvalue weighted by Gasteiger charge is 2.59. The van der Waals surface area contributed by atoms with Crippen molar-refractivity contribution in [3.63, 3.8) is 0 Å². The molecule has 7 nitrogen and oxygen atoms in total. The number of nitrogens with zero attached hydrogens (tertiary/aromatic N) is 1. The summed E-state index contributed by atoms with van der Waals surface area (Å²) in [5, 5.41) is 0. The van der Waals surface area contributed by atoms with Gasteiger partial charge in [0.05, 0.1) is 12.8 Å². The van der Waals surface area contributed by atoms with Crippen molar-refractivity contribution >= 4 is 17.9 Å². The van der Waals surface area contributed by atoms with Crippen LogP contribution in [0.5, 0.6) is 0 Å². The number of hydrogen-bond acceptors (Lipinski definition) is 7. The molecule has 0 radical (unpaired) electrons. The van der Waals surface area contributed by atoms with E-state index in [-0.39, 0.29) is 42.9 Å². The highest BCUT2D eigenvalue weighted by atomic mass is 16.6. The SMILES string of the molecule is CCCCCCCCCCCCCC(=O)OC(CCN(C)C)COC(=O)CCC(=O)O[C@H]1CC[C@@]2(C)C(=CC[C@H]3[C@@H]4CC[C@H]([C@H](C)CCCC(C)C)[C@@]4(C)CC[C@@H]32)C1. The minimum absolute atomic E-state index is 0.00861. The highest BCUT2D eigenvalue weighted by Crippen LogP contribution is 2.67. The molecule has 4 rings (SSSR count). The Morgan fingerprint density at radius 1 is 0.741 bits per heavy atom. The lowest BCUT2D eigenvalue weighted by atomic mass is 9.47. The van der Waals surface area contributed by atoms with Gasteiger partial charge in [-0.1, -0.05) is 137 Å². The van der Waals surface area contributed by atoms with Crippen molar-refractivity contribution in [2.24, 2.45) is 46.3 Å². The Morgan fingerprint density at radius 2 is 1.41 bits per heavy atom. The third-order valence-corrected chi connectivity index (χ3v) is 15.7. The van der Waals surface area contributed by atoms with Crippen molar-refractivity contribution in [2.45, 2.75) is 221 Å². The van der Waals surface area contributed by atoms with Crippen molar-refractivity contribution < 1.29 is 28.6 Å². The number of carbonyl (C=O) groups excluding carboxylic acids is 3. The zero-order valence-electron chi connectivity index (χ0n) is 38.9. The minimum Gasteiger partial charge on any atom is -0.462 e. The predicted molar refractivity (Wildman–Crippen MR) is 237 cm³/mol. The molecular formula is C51H89NO6. The molecule has 4 aliphatic rings. The standard InChI is InChI=1S/C51H89NO6/c1-9-10-11-12-13-14-15-16-17-18-19-23-48(54)58-42(32-35-52(7)8)37-56-47(53)28-29-49(55)57-41-30-33-50(5)40(36-41)24-25-43-45-27-26-44(39(4)22-20-21-38(2)3)51(45,6)34-31-46(43)50/h24,38-39,41-46H,9-23,25-37H2,1-8H3/t39-,41+,42?,43+,44-,45+,46+,50+,51-/m1/s1. The molecule has 0 N–H and O–H groups in total. The van der Waals surface area contributed by atoms with Gasteiger partial charge in [0.2, 0.25) is 0 Å². The van der Waals surface area contributed by atoms with E-state index in [0.717, 1.165) is 80.6 Å². The third kappa shape index (κ3) is 14.6. The molecule has 0 saturated heterocycles. The molecule has 0 aromatic rings. The molecule has 0 bridgehead atoms. The van der Waals surface area contributed by atoms with Gasteiger partial charge in [0, 0.05) is 25.8 Å².